The predicted octanol–water partition coefficient (Wildman–Crippen LogP) is 1.98. The van der Waals surface area contributed by atoms with E-state index in [0.29, 0.717) is 17.7 Å². The topological polar surface area (TPSA) is 78.9 Å². The number of oxime groups is 1. The van der Waals surface area contributed by atoms with E-state index in [1.54, 1.807) is 29.2 Å². The van der Waals surface area contributed by atoms with Crippen molar-refractivity contribution >= 4 is 17.4 Å². The summed E-state index contributed by atoms with van der Waals surface area (Å²) in [7, 11) is 0. The molecule has 2 aromatic rings. The molecule has 0 radical (unpaired) electrons. The van der Waals surface area contributed by atoms with Crippen LogP contribution in [0.5, 0.6) is 0 Å². The lowest BCUT2D eigenvalue weighted by Gasteiger charge is -2.17. The Morgan fingerprint density at radius 1 is 1.10 bits per heavy atom. The van der Waals surface area contributed by atoms with Crippen molar-refractivity contribution in [2.45, 2.75) is 6.42 Å². The molecule has 3 rings (SSSR count). The third kappa shape index (κ3) is 2.33. The molecule has 3 N–H and O–H groups in total. The Morgan fingerprint density at radius 2 is 1.76 bits per heavy atom. The number of anilines is 1. The molecule has 5 heteroatoms. The van der Waals surface area contributed by atoms with E-state index in [0.717, 1.165) is 12.1 Å². The van der Waals surface area contributed by atoms with Gasteiger partial charge >= 0.3 is 0 Å². The summed E-state index contributed by atoms with van der Waals surface area (Å²) >= 11 is 0. The second-order valence-corrected chi connectivity index (χ2v) is 4.90. The number of nitrogens with zero attached hydrogens (tertiary/aromatic N) is 2. The third-order valence-corrected chi connectivity index (χ3v) is 3.67. The van der Waals surface area contributed by atoms with E-state index in [4.69, 9.17) is 10.9 Å². The van der Waals surface area contributed by atoms with E-state index in [1.165, 1.54) is 5.56 Å². The Kier molecular flexibility index (Phi) is 3.31. The number of carbonyl (C=O) groups is 1. The normalized spacial score (nSPS) is 14.1. The molecule has 0 aliphatic carbocycles. The monoisotopic (exact) mass is 281 g/mol. The van der Waals surface area contributed by atoms with Gasteiger partial charge in [-0.3, -0.25) is 4.79 Å². The summed E-state index contributed by atoms with van der Waals surface area (Å²) in [6.45, 7) is 0.695. The third-order valence-electron chi connectivity index (χ3n) is 3.67. The van der Waals surface area contributed by atoms with Gasteiger partial charge in [0.25, 0.3) is 5.91 Å². The zero-order valence-electron chi connectivity index (χ0n) is 11.4. The van der Waals surface area contributed by atoms with E-state index in [1.807, 2.05) is 24.3 Å². The van der Waals surface area contributed by atoms with Gasteiger partial charge in [0.05, 0.1) is 0 Å². The number of benzene rings is 2. The molecule has 5 nitrogen and oxygen atoms in total. The minimum absolute atomic E-state index is 0.0283. The zero-order valence-corrected chi connectivity index (χ0v) is 11.4. The Bertz CT molecular complexity index is 708. The fraction of sp³-hybridized carbons (Fsp3) is 0.125. The van der Waals surface area contributed by atoms with E-state index in [-0.39, 0.29) is 11.7 Å². The number of para-hydroxylation sites is 1. The molecule has 1 aliphatic rings. The van der Waals surface area contributed by atoms with Crippen LogP contribution in [0.3, 0.4) is 0 Å². The Labute approximate surface area is 122 Å². The predicted molar refractivity (Wildman–Crippen MR) is 80.8 cm³/mol. The molecule has 0 unspecified atom stereocenters. The van der Waals surface area contributed by atoms with Gasteiger partial charge in [-0.1, -0.05) is 35.5 Å². The van der Waals surface area contributed by atoms with Crippen molar-refractivity contribution in [3.05, 3.63) is 65.2 Å². The number of amidine groups is 1. The summed E-state index contributed by atoms with van der Waals surface area (Å²) in [5.41, 5.74) is 8.84. The highest BCUT2D eigenvalue weighted by atomic mass is 16.4. The van der Waals surface area contributed by atoms with Crippen LogP contribution in [0.1, 0.15) is 21.5 Å². The average molecular weight is 281 g/mol. The molecule has 1 aliphatic heterocycles. The van der Waals surface area contributed by atoms with Crippen LogP contribution in [-0.2, 0) is 6.42 Å². The molecule has 0 saturated carbocycles. The first kappa shape index (κ1) is 13.2. The fourth-order valence-electron chi connectivity index (χ4n) is 2.55. The van der Waals surface area contributed by atoms with Gasteiger partial charge in [0, 0.05) is 23.4 Å². The lowest BCUT2D eigenvalue weighted by Crippen LogP contribution is -2.28. The molecule has 0 bridgehead atoms. The molecule has 2 aromatic carbocycles. The van der Waals surface area contributed by atoms with Crippen molar-refractivity contribution in [1.82, 2.24) is 0 Å². The Hall–Kier alpha value is -2.82. The van der Waals surface area contributed by atoms with E-state index < -0.39 is 0 Å². The summed E-state index contributed by atoms with van der Waals surface area (Å²) in [5, 5.41) is 11.6. The van der Waals surface area contributed by atoms with E-state index >= 15 is 0 Å². The smallest absolute Gasteiger partial charge is 0.258 e. The van der Waals surface area contributed by atoms with Crippen molar-refractivity contribution in [3.8, 4) is 0 Å². The van der Waals surface area contributed by atoms with Crippen LogP contribution >= 0.6 is 0 Å². The Morgan fingerprint density at radius 3 is 2.48 bits per heavy atom. The van der Waals surface area contributed by atoms with Crippen LogP contribution in [0.15, 0.2) is 53.7 Å². The number of hydrogen-bond donors (Lipinski definition) is 2. The number of amides is 1. The van der Waals surface area contributed by atoms with Crippen LogP contribution in [0, 0.1) is 0 Å². The lowest BCUT2D eigenvalue weighted by molar-refractivity contribution is 0.0989. The van der Waals surface area contributed by atoms with Gasteiger partial charge in [-0.15, -0.1) is 0 Å². The molecule has 0 fully saturated rings. The van der Waals surface area contributed by atoms with Gasteiger partial charge < -0.3 is 15.8 Å². The number of hydrogen-bond acceptors (Lipinski definition) is 3. The first-order valence-corrected chi connectivity index (χ1v) is 6.68. The molecular weight excluding hydrogens is 266 g/mol. The van der Waals surface area contributed by atoms with Gasteiger partial charge in [0.15, 0.2) is 5.84 Å². The van der Waals surface area contributed by atoms with E-state index in [9.17, 15) is 4.79 Å². The van der Waals surface area contributed by atoms with Crippen molar-refractivity contribution in [2.75, 3.05) is 11.4 Å². The molecule has 21 heavy (non-hydrogen) atoms. The number of rotatable bonds is 2. The van der Waals surface area contributed by atoms with Gasteiger partial charge in [-0.25, -0.2) is 0 Å². The zero-order chi connectivity index (χ0) is 14.8. The van der Waals surface area contributed by atoms with E-state index in [2.05, 4.69) is 5.16 Å². The minimum Gasteiger partial charge on any atom is -0.409 e. The van der Waals surface area contributed by atoms with Crippen molar-refractivity contribution in [1.29, 1.82) is 0 Å². The maximum absolute atomic E-state index is 12.6. The molecule has 1 heterocycles. The molecule has 0 aromatic heterocycles. The van der Waals surface area contributed by atoms with Gasteiger partial charge in [-0.2, -0.15) is 0 Å². The van der Waals surface area contributed by atoms with Crippen molar-refractivity contribution in [3.63, 3.8) is 0 Å². The van der Waals surface area contributed by atoms with Crippen LogP contribution in [0.25, 0.3) is 0 Å². The fourth-order valence-corrected chi connectivity index (χ4v) is 2.55. The maximum atomic E-state index is 12.6. The summed E-state index contributed by atoms with van der Waals surface area (Å²) in [5.74, 6) is -0.00785. The molecule has 0 atom stereocenters. The van der Waals surface area contributed by atoms with Crippen LogP contribution in [-0.4, -0.2) is 23.5 Å². The Balaban J connectivity index is 1.87. The SMILES string of the molecule is N/C(=N\O)c1ccc(C(=O)N2CCc3ccccc32)cc1. The highest BCUT2D eigenvalue weighted by Crippen LogP contribution is 2.28. The van der Waals surface area contributed by atoms with Crippen LogP contribution in [0.2, 0.25) is 0 Å². The van der Waals surface area contributed by atoms with Crippen LogP contribution in [0.4, 0.5) is 5.69 Å². The molecule has 1 amide bonds. The highest BCUT2D eigenvalue weighted by Gasteiger charge is 2.24. The first-order valence-electron chi connectivity index (χ1n) is 6.68. The van der Waals surface area contributed by atoms with Crippen LogP contribution < -0.4 is 10.6 Å². The number of nitrogens with two attached hydrogens (primary N) is 1. The largest absolute Gasteiger partial charge is 0.409 e. The van der Waals surface area contributed by atoms with Gasteiger partial charge in [0.1, 0.15) is 0 Å². The molecule has 0 spiro atoms. The summed E-state index contributed by atoms with van der Waals surface area (Å²) in [6, 6.07) is 14.7. The lowest BCUT2D eigenvalue weighted by atomic mass is 10.1. The summed E-state index contributed by atoms with van der Waals surface area (Å²) < 4.78 is 0. The maximum Gasteiger partial charge on any atom is 0.258 e. The minimum atomic E-state index is -0.0361. The molecule has 106 valence electrons. The quantitative estimate of drug-likeness (QED) is 0.382. The second-order valence-electron chi connectivity index (χ2n) is 4.90. The molecule has 0 saturated heterocycles. The standard InChI is InChI=1S/C16H15N3O2/c17-15(18-21)12-5-7-13(8-6-12)16(20)19-10-9-11-3-1-2-4-14(11)19/h1-8,21H,9-10H2,(H2,17,18). The summed E-state index contributed by atoms with van der Waals surface area (Å²) in [6.07, 6.45) is 0.879. The average Bonchev–Trinajstić information content (AvgIpc) is 2.97. The van der Waals surface area contributed by atoms with Gasteiger partial charge in [-0.05, 0) is 30.2 Å². The van der Waals surface area contributed by atoms with Gasteiger partial charge in [0.2, 0.25) is 0 Å². The number of fused-ring (bicyclic) bond motifs is 1. The molecular formula is C16H15N3O2. The summed E-state index contributed by atoms with van der Waals surface area (Å²) in [4.78, 5) is 14.4. The highest BCUT2D eigenvalue weighted by molar-refractivity contribution is 6.08. The van der Waals surface area contributed by atoms with Crippen molar-refractivity contribution < 1.29 is 10.0 Å². The number of carbonyl (C=O) groups excluding carboxylic acids is 1. The second kappa shape index (κ2) is 5.28. The van der Waals surface area contributed by atoms with Crippen molar-refractivity contribution in [2.24, 2.45) is 10.9 Å². The first-order chi connectivity index (χ1) is 10.2.